The van der Waals surface area contributed by atoms with Crippen LogP contribution in [-0.2, 0) is 10.3 Å². The molecule has 0 aromatic heterocycles. The van der Waals surface area contributed by atoms with Gasteiger partial charge < -0.3 is 4.74 Å². The molecule has 1 fully saturated rings. The van der Waals surface area contributed by atoms with Crippen LogP contribution in [0.5, 0.6) is 0 Å². The smallest absolute Gasteiger partial charge is 0.177 e. The van der Waals surface area contributed by atoms with Crippen LogP contribution in [0.25, 0.3) is 0 Å². The molecule has 122 valence electrons. The average Bonchev–Trinajstić information content (AvgIpc) is 3.35. The first kappa shape index (κ1) is 15.6. The predicted molar refractivity (Wildman–Crippen MR) is 91.5 cm³/mol. The molecule has 0 N–H and O–H groups in total. The molecule has 1 saturated heterocycles. The van der Waals surface area contributed by atoms with Crippen LogP contribution in [0.3, 0.4) is 0 Å². The van der Waals surface area contributed by atoms with Crippen molar-refractivity contribution in [3.05, 3.63) is 70.2 Å². The lowest BCUT2D eigenvalue weighted by molar-refractivity contribution is 0.0617. The van der Waals surface area contributed by atoms with Crippen molar-refractivity contribution in [3.63, 3.8) is 0 Å². The highest BCUT2D eigenvalue weighted by molar-refractivity contribution is 6.30. The van der Waals surface area contributed by atoms with Gasteiger partial charge in [-0.3, -0.25) is 9.59 Å². The number of ketones is 2. The number of fused-ring (bicyclic) bond motifs is 1. The van der Waals surface area contributed by atoms with E-state index in [4.69, 9.17) is 16.3 Å². The number of benzene rings is 2. The summed E-state index contributed by atoms with van der Waals surface area (Å²) in [4.78, 5) is 26.1. The van der Waals surface area contributed by atoms with Crippen molar-refractivity contribution < 1.29 is 14.3 Å². The maximum absolute atomic E-state index is 13.1. The van der Waals surface area contributed by atoms with Crippen LogP contribution < -0.4 is 0 Å². The van der Waals surface area contributed by atoms with Crippen molar-refractivity contribution in [2.45, 2.75) is 25.4 Å². The van der Waals surface area contributed by atoms with E-state index in [1.807, 2.05) is 25.1 Å². The summed E-state index contributed by atoms with van der Waals surface area (Å²) in [7, 11) is 0. The first-order valence-corrected chi connectivity index (χ1v) is 8.49. The summed E-state index contributed by atoms with van der Waals surface area (Å²) in [5, 5.41) is 0.625. The van der Waals surface area contributed by atoms with Crippen LogP contribution >= 0.6 is 11.6 Å². The Morgan fingerprint density at radius 1 is 1.04 bits per heavy atom. The molecule has 0 bridgehead atoms. The van der Waals surface area contributed by atoms with Gasteiger partial charge in [-0.15, -0.1) is 0 Å². The van der Waals surface area contributed by atoms with Crippen LogP contribution in [0.1, 0.15) is 46.0 Å². The Balaban J connectivity index is 1.76. The fraction of sp³-hybridized carbons (Fsp3) is 0.300. The number of carbonyl (C=O) groups is 2. The van der Waals surface area contributed by atoms with E-state index in [1.165, 1.54) is 0 Å². The predicted octanol–water partition coefficient (Wildman–Crippen LogP) is 4.43. The van der Waals surface area contributed by atoms with Crippen molar-refractivity contribution in [2.75, 3.05) is 6.61 Å². The molecular formula is C20H17ClO3. The summed E-state index contributed by atoms with van der Waals surface area (Å²) < 4.78 is 5.76. The summed E-state index contributed by atoms with van der Waals surface area (Å²) in [5.74, 6) is -0.162. The van der Waals surface area contributed by atoms with Gasteiger partial charge in [0.1, 0.15) is 5.60 Å². The molecule has 1 atom stereocenters. The third-order valence-electron chi connectivity index (χ3n) is 5.32. The lowest BCUT2D eigenvalue weighted by Gasteiger charge is -2.28. The second-order valence-electron chi connectivity index (χ2n) is 6.61. The molecule has 0 radical (unpaired) electrons. The molecule has 2 aromatic rings. The van der Waals surface area contributed by atoms with E-state index in [-0.39, 0.29) is 11.6 Å². The van der Waals surface area contributed by atoms with E-state index in [0.717, 1.165) is 5.56 Å². The van der Waals surface area contributed by atoms with E-state index in [0.29, 0.717) is 35.6 Å². The minimum absolute atomic E-state index is 0.0810. The number of carbonyl (C=O) groups excluding carboxylic acids is 2. The first-order valence-electron chi connectivity index (χ1n) is 8.11. The average molecular weight is 341 g/mol. The van der Waals surface area contributed by atoms with Crippen LogP contribution in [0.2, 0.25) is 5.02 Å². The summed E-state index contributed by atoms with van der Waals surface area (Å²) in [5.41, 5.74) is 0.369. The topological polar surface area (TPSA) is 46.7 Å². The number of Topliss-reactive ketones (excluding diaryl/α,β-unsaturated/α-hetero) is 2. The van der Waals surface area contributed by atoms with Gasteiger partial charge in [0.05, 0.1) is 12.0 Å². The molecule has 2 aliphatic rings. The van der Waals surface area contributed by atoms with E-state index in [1.54, 1.807) is 30.3 Å². The summed E-state index contributed by atoms with van der Waals surface area (Å²) >= 11 is 6.10. The van der Waals surface area contributed by atoms with E-state index >= 15 is 0 Å². The lowest BCUT2D eigenvalue weighted by Crippen LogP contribution is -2.37. The molecule has 1 aliphatic heterocycles. The fourth-order valence-corrected chi connectivity index (χ4v) is 4.01. The van der Waals surface area contributed by atoms with Gasteiger partial charge >= 0.3 is 0 Å². The summed E-state index contributed by atoms with van der Waals surface area (Å²) in [6, 6.07) is 14.6. The van der Waals surface area contributed by atoms with Gasteiger partial charge in [-0.1, -0.05) is 54.9 Å². The second kappa shape index (κ2) is 5.27. The molecule has 1 heterocycles. The van der Waals surface area contributed by atoms with Gasteiger partial charge in [-0.2, -0.15) is 0 Å². The van der Waals surface area contributed by atoms with Crippen LogP contribution in [-0.4, -0.2) is 18.2 Å². The molecule has 3 nitrogen and oxygen atoms in total. The van der Waals surface area contributed by atoms with E-state index < -0.39 is 11.0 Å². The number of halogens is 1. The SMILES string of the molecule is CCC1(CC2(c3cccc(Cl)c3)CO2)C(=O)c2ccccc2C1=O. The maximum atomic E-state index is 13.1. The van der Waals surface area contributed by atoms with Gasteiger partial charge in [0.15, 0.2) is 11.6 Å². The summed E-state index contributed by atoms with van der Waals surface area (Å²) in [6.07, 6.45) is 0.828. The lowest BCUT2D eigenvalue weighted by atomic mass is 9.71. The molecule has 4 rings (SSSR count). The molecule has 24 heavy (non-hydrogen) atoms. The standard InChI is InChI=1S/C20H17ClO3/c1-2-19(17(22)15-8-3-4-9-16(15)18(19)23)11-20(12-24-20)13-6-5-7-14(21)10-13/h3-10H,2,11-12H2,1H3. The Morgan fingerprint density at radius 2 is 1.67 bits per heavy atom. The highest BCUT2D eigenvalue weighted by atomic mass is 35.5. The molecule has 2 aromatic carbocycles. The zero-order valence-corrected chi connectivity index (χ0v) is 14.1. The minimum Gasteiger partial charge on any atom is -0.364 e. The van der Waals surface area contributed by atoms with Gasteiger partial charge in [0, 0.05) is 22.6 Å². The molecule has 1 aliphatic carbocycles. The monoisotopic (exact) mass is 340 g/mol. The van der Waals surface area contributed by atoms with Crippen LogP contribution in [0.15, 0.2) is 48.5 Å². The number of hydrogen-bond donors (Lipinski definition) is 0. The largest absolute Gasteiger partial charge is 0.364 e. The zero-order chi connectivity index (χ0) is 16.9. The van der Waals surface area contributed by atoms with Crippen molar-refractivity contribution in [1.82, 2.24) is 0 Å². The fourth-order valence-electron chi connectivity index (χ4n) is 3.82. The van der Waals surface area contributed by atoms with Crippen molar-refractivity contribution in [1.29, 1.82) is 0 Å². The Kier molecular flexibility index (Phi) is 3.41. The van der Waals surface area contributed by atoms with Gasteiger partial charge in [-0.05, 0) is 24.1 Å². The van der Waals surface area contributed by atoms with Crippen molar-refractivity contribution in [3.8, 4) is 0 Å². The van der Waals surface area contributed by atoms with Crippen LogP contribution in [0.4, 0.5) is 0 Å². The molecular weight excluding hydrogens is 324 g/mol. The number of ether oxygens (including phenoxy) is 1. The zero-order valence-electron chi connectivity index (χ0n) is 13.3. The van der Waals surface area contributed by atoms with Crippen molar-refractivity contribution >= 4 is 23.2 Å². The molecule has 0 amide bonds. The third-order valence-corrected chi connectivity index (χ3v) is 5.56. The number of rotatable bonds is 4. The Labute approximate surface area is 145 Å². The molecule has 1 unspecified atom stereocenters. The first-order chi connectivity index (χ1) is 11.5. The Hall–Kier alpha value is -1.97. The molecule has 0 spiro atoms. The van der Waals surface area contributed by atoms with Crippen LogP contribution in [0, 0.1) is 5.41 Å². The third kappa shape index (κ3) is 2.08. The van der Waals surface area contributed by atoms with Gasteiger partial charge in [0.2, 0.25) is 0 Å². The highest BCUT2D eigenvalue weighted by Crippen LogP contribution is 2.53. The second-order valence-corrected chi connectivity index (χ2v) is 7.05. The maximum Gasteiger partial charge on any atom is 0.177 e. The number of hydrogen-bond acceptors (Lipinski definition) is 3. The quantitative estimate of drug-likeness (QED) is 0.611. The Bertz CT molecular complexity index is 816. The number of epoxide rings is 1. The van der Waals surface area contributed by atoms with Gasteiger partial charge in [-0.25, -0.2) is 0 Å². The van der Waals surface area contributed by atoms with Crippen molar-refractivity contribution in [2.24, 2.45) is 5.41 Å². The Morgan fingerprint density at radius 3 is 2.17 bits per heavy atom. The van der Waals surface area contributed by atoms with Gasteiger partial charge in [0.25, 0.3) is 0 Å². The minimum atomic E-state index is -1.04. The summed E-state index contributed by atoms with van der Waals surface area (Å²) in [6.45, 7) is 2.40. The molecule has 4 heteroatoms. The van der Waals surface area contributed by atoms with E-state index in [2.05, 4.69) is 0 Å². The molecule has 0 saturated carbocycles. The van der Waals surface area contributed by atoms with E-state index in [9.17, 15) is 9.59 Å². The highest BCUT2D eigenvalue weighted by Gasteiger charge is 2.60. The normalized spacial score (nSPS) is 24.1.